The molecule has 5 heteroatoms. The summed E-state index contributed by atoms with van der Waals surface area (Å²) >= 11 is 0. The molecule has 0 saturated heterocycles. The lowest BCUT2D eigenvalue weighted by molar-refractivity contribution is 0.291. The zero-order valence-corrected chi connectivity index (χ0v) is 7.70. The van der Waals surface area contributed by atoms with E-state index >= 15 is 0 Å². The summed E-state index contributed by atoms with van der Waals surface area (Å²) in [4.78, 5) is 0. The van der Waals surface area contributed by atoms with Gasteiger partial charge in [-0.05, 0) is 12.1 Å². The highest BCUT2D eigenvalue weighted by Crippen LogP contribution is 2.31. The van der Waals surface area contributed by atoms with Crippen LogP contribution in [0.15, 0.2) is 12.1 Å². The summed E-state index contributed by atoms with van der Waals surface area (Å²) in [5.74, 6) is -0.127. The van der Waals surface area contributed by atoms with Crippen molar-refractivity contribution in [3.05, 3.63) is 17.7 Å². The van der Waals surface area contributed by atoms with Gasteiger partial charge in [0.15, 0.2) is 0 Å². The van der Waals surface area contributed by atoms with Crippen molar-refractivity contribution in [2.45, 2.75) is 6.54 Å². The molecular weight excluding hydrogens is 184 g/mol. The molecule has 0 atom stereocenters. The molecule has 0 fully saturated rings. The van der Waals surface area contributed by atoms with Gasteiger partial charge in [-0.2, -0.15) is 0 Å². The highest BCUT2D eigenvalue weighted by Gasteiger charge is 2.09. The van der Waals surface area contributed by atoms with E-state index in [1.807, 2.05) is 0 Å². The second-order valence-corrected chi connectivity index (χ2v) is 2.90. The van der Waals surface area contributed by atoms with Crippen LogP contribution in [0.5, 0.6) is 11.5 Å². The van der Waals surface area contributed by atoms with E-state index in [0.717, 1.165) is 0 Å². The average Bonchev–Trinajstić information content (AvgIpc) is 2.18. The number of anilines is 1. The maximum Gasteiger partial charge on any atom is 0.146 e. The summed E-state index contributed by atoms with van der Waals surface area (Å²) in [5.41, 5.74) is 6.03. The molecular formula is C9H14N2O3. The van der Waals surface area contributed by atoms with Crippen molar-refractivity contribution in [3.63, 3.8) is 0 Å². The lowest BCUT2D eigenvalue weighted by Crippen LogP contribution is -2.17. The van der Waals surface area contributed by atoms with E-state index in [1.54, 1.807) is 0 Å². The van der Waals surface area contributed by atoms with Crippen molar-refractivity contribution in [1.82, 2.24) is 5.32 Å². The summed E-state index contributed by atoms with van der Waals surface area (Å²) in [5, 5.41) is 30.2. The molecule has 0 radical (unpaired) electrons. The van der Waals surface area contributed by atoms with Gasteiger partial charge in [-0.3, -0.25) is 0 Å². The van der Waals surface area contributed by atoms with E-state index in [-0.39, 0.29) is 30.3 Å². The molecule has 0 amide bonds. The quantitative estimate of drug-likeness (QED) is 0.199. The van der Waals surface area contributed by atoms with Gasteiger partial charge in [-0.25, -0.2) is 0 Å². The SMILES string of the molecule is Nc1ccc(O)c(CNCCO)c1O. The minimum Gasteiger partial charge on any atom is -0.507 e. The van der Waals surface area contributed by atoms with Crippen LogP contribution < -0.4 is 11.1 Å². The molecule has 0 heterocycles. The third kappa shape index (κ3) is 2.27. The molecule has 0 aromatic heterocycles. The zero-order chi connectivity index (χ0) is 10.6. The normalized spacial score (nSPS) is 10.4. The average molecular weight is 198 g/mol. The molecule has 0 unspecified atom stereocenters. The van der Waals surface area contributed by atoms with Gasteiger partial charge < -0.3 is 26.4 Å². The first-order chi connectivity index (χ1) is 6.66. The molecule has 0 saturated carbocycles. The fourth-order valence-electron chi connectivity index (χ4n) is 1.11. The van der Waals surface area contributed by atoms with Crippen LogP contribution in [0.1, 0.15) is 5.56 Å². The Bertz CT molecular complexity index is 315. The van der Waals surface area contributed by atoms with Crippen molar-refractivity contribution in [3.8, 4) is 11.5 Å². The van der Waals surface area contributed by atoms with Gasteiger partial charge in [-0.15, -0.1) is 0 Å². The number of nitrogen functional groups attached to an aromatic ring is 1. The molecule has 0 aliphatic carbocycles. The Hall–Kier alpha value is -1.46. The summed E-state index contributed by atoms with van der Waals surface area (Å²) in [6.07, 6.45) is 0. The minimum atomic E-state index is -0.115. The standard InChI is InChI=1S/C9H14N2O3/c10-7-1-2-8(13)6(9(7)14)5-11-3-4-12/h1-2,11-14H,3-5,10H2. The Morgan fingerprint density at radius 3 is 2.64 bits per heavy atom. The molecule has 0 bridgehead atoms. The number of phenolic OH excluding ortho intramolecular Hbond substituents is 2. The Morgan fingerprint density at radius 2 is 2.00 bits per heavy atom. The van der Waals surface area contributed by atoms with Gasteiger partial charge in [-0.1, -0.05) is 0 Å². The van der Waals surface area contributed by atoms with Crippen molar-refractivity contribution in [2.75, 3.05) is 18.9 Å². The smallest absolute Gasteiger partial charge is 0.146 e. The van der Waals surface area contributed by atoms with Gasteiger partial charge in [0.05, 0.1) is 17.9 Å². The molecule has 1 aromatic carbocycles. The predicted octanol–water partition coefficient (Wildman–Crippen LogP) is -0.238. The first-order valence-corrected chi connectivity index (χ1v) is 4.27. The molecule has 0 spiro atoms. The van der Waals surface area contributed by atoms with Crippen LogP contribution >= 0.6 is 0 Å². The number of benzene rings is 1. The Labute approximate surface area is 81.8 Å². The second-order valence-electron chi connectivity index (χ2n) is 2.90. The number of phenols is 2. The van der Waals surface area contributed by atoms with E-state index in [9.17, 15) is 10.2 Å². The fourth-order valence-corrected chi connectivity index (χ4v) is 1.11. The maximum absolute atomic E-state index is 9.49. The zero-order valence-electron chi connectivity index (χ0n) is 7.70. The number of aliphatic hydroxyl groups excluding tert-OH is 1. The Kier molecular flexibility index (Phi) is 3.55. The van der Waals surface area contributed by atoms with Crippen LogP contribution in [-0.2, 0) is 6.54 Å². The first kappa shape index (κ1) is 10.6. The van der Waals surface area contributed by atoms with Gasteiger partial charge in [0.2, 0.25) is 0 Å². The number of hydrogen-bond acceptors (Lipinski definition) is 5. The van der Waals surface area contributed by atoms with Crippen LogP contribution in [0.4, 0.5) is 5.69 Å². The molecule has 0 aliphatic rings. The summed E-state index contributed by atoms with van der Waals surface area (Å²) in [7, 11) is 0. The van der Waals surface area contributed by atoms with Gasteiger partial charge >= 0.3 is 0 Å². The monoisotopic (exact) mass is 198 g/mol. The van der Waals surface area contributed by atoms with Crippen LogP contribution in [0.2, 0.25) is 0 Å². The second kappa shape index (κ2) is 4.69. The van der Waals surface area contributed by atoms with E-state index < -0.39 is 0 Å². The molecule has 14 heavy (non-hydrogen) atoms. The van der Waals surface area contributed by atoms with Crippen LogP contribution in [0.25, 0.3) is 0 Å². The number of rotatable bonds is 4. The number of nitrogens with one attached hydrogen (secondary N) is 1. The van der Waals surface area contributed by atoms with Gasteiger partial charge in [0.25, 0.3) is 0 Å². The van der Waals surface area contributed by atoms with E-state index in [1.165, 1.54) is 12.1 Å². The van der Waals surface area contributed by atoms with Crippen molar-refractivity contribution in [2.24, 2.45) is 0 Å². The van der Waals surface area contributed by atoms with Crippen LogP contribution in [0, 0.1) is 0 Å². The highest BCUT2D eigenvalue weighted by molar-refractivity contribution is 5.60. The molecule has 5 nitrogen and oxygen atoms in total. The first-order valence-electron chi connectivity index (χ1n) is 4.27. The largest absolute Gasteiger partial charge is 0.507 e. The highest BCUT2D eigenvalue weighted by atomic mass is 16.3. The Morgan fingerprint density at radius 1 is 1.29 bits per heavy atom. The van der Waals surface area contributed by atoms with E-state index in [4.69, 9.17) is 10.8 Å². The van der Waals surface area contributed by atoms with Gasteiger partial charge in [0, 0.05) is 13.1 Å². The topological polar surface area (TPSA) is 98.7 Å². The van der Waals surface area contributed by atoms with Crippen molar-refractivity contribution in [1.29, 1.82) is 0 Å². The third-order valence-corrected chi connectivity index (χ3v) is 1.88. The molecule has 1 rings (SSSR count). The third-order valence-electron chi connectivity index (χ3n) is 1.88. The van der Waals surface area contributed by atoms with Crippen LogP contribution in [0.3, 0.4) is 0 Å². The van der Waals surface area contributed by atoms with Crippen LogP contribution in [-0.4, -0.2) is 28.5 Å². The lowest BCUT2D eigenvalue weighted by Gasteiger charge is -2.09. The van der Waals surface area contributed by atoms with Gasteiger partial charge in [0.1, 0.15) is 11.5 Å². The maximum atomic E-state index is 9.49. The van der Waals surface area contributed by atoms with E-state index in [2.05, 4.69) is 5.32 Å². The number of aliphatic hydroxyl groups is 1. The summed E-state index contributed by atoms with van der Waals surface area (Å²) in [6.45, 7) is 0.667. The predicted molar refractivity (Wildman–Crippen MR) is 53.0 cm³/mol. The summed E-state index contributed by atoms with van der Waals surface area (Å²) in [6, 6.07) is 2.85. The molecule has 6 N–H and O–H groups in total. The fraction of sp³-hybridized carbons (Fsp3) is 0.333. The Balaban J connectivity index is 2.79. The number of hydrogen-bond donors (Lipinski definition) is 5. The van der Waals surface area contributed by atoms with E-state index in [0.29, 0.717) is 12.1 Å². The van der Waals surface area contributed by atoms with Crippen molar-refractivity contribution >= 4 is 5.69 Å². The summed E-state index contributed by atoms with van der Waals surface area (Å²) < 4.78 is 0. The minimum absolute atomic E-state index is 0.00381. The molecule has 0 aliphatic heterocycles. The van der Waals surface area contributed by atoms with Crippen molar-refractivity contribution < 1.29 is 15.3 Å². The molecule has 1 aromatic rings. The number of aromatic hydroxyl groups is 2. The number of nitrogens with two attached hydrogens (primary N) is 1. The molecule has 78 valence electrons. The lowest BCUT2D eigenvalue weighted by atomic mass is 10.1.